The monoisotopic (exact) mass is 262 g/mol. The van der Waals surface area contributed by atoms with Gasteiger partial charge in [0.2, 0.25) is 0 Å². The fraction of sp³-hybridized carbons (Fsp3) is 0.0833. The summed E-state index contributed by atoms with van der Waals surface area (Å²) >= 11 is 0.0775. The van der Waals surface area contributed by atoms with Gasteiger partial charge in [0.15, 0.2) is 0 Å². The Morgan fingerprint density at radius 2 is 1.93 bits per heavy atom. The van der Waals surface area contributed by atoms with Crippen molar-refractivity contribution in [3.63, 3.8) is 0 Å². The first-order valence-corrected chi connectivity index (χ1v) is 6.28. The van der Waals surface area contributed by atoms with Crippen molar-refractivity contribution in [2.24, 2.45) is 0 Å². The van der Waals surface area contributed by atoms with Gasteiger partial charge in [0, 0.05) is 0 Å². The van der Waals surface area contributed by atoms with Crippen LogP contribution in [0.25, 0.3) is 10.0 Å². The van der Waals surface area contributed by atoms with Crippen LogP contribution in [0.15, 0.2) is 30.3 Å². The normalized spacial score (nSPS) is 9.87. The molecule has 1 heterocycles. The van der Waals surface area contributed by atoms with E-state index in [0.717, 1.165) is 4.44 Å². The fourth-order valence-electron chi connectivity index (χ4n) is 1.35. The average molecular weight is 261 g/mol. The molecule has 0 spiro atoms. The van der Waals surface area contributed by atoms with Gasteiger partial charge in [-0.05, 0) is 0 Å². The van der Waals surface area contributed by atoms with Crippen molar-refractivity contribution in [1.82, 2.24) is 0 Å². The van der Waals surface area contributed by atoms with Gasteiger partial charge < -0.3 is 0 Å². The Morgan fingerprint density at radius 3 is 2.47 bits per heavy atom. The predicted molar refractivity (Wildman–Crippen MR) is 62.7 cm³/mol. The molecule has 1 aromatic heterocycles. The van der Waals surface area contributed by atoms with Crippen LogP contribution in [0.2, 0.25) is 0 Å². The molecule has 2 nitrogen and oxygen atoms in total. The summed E-state index contributed by atoms with van der Waals surface area (Å²) in [5, 5.41) is 8.84. The molecule has 0 aliphatic rings. The molecule has 0 bridgehead atoms. The number of rotatable bonds is 1. The Hall–Kier alpha value is -1.49. The Labute approximate surface area is 94.7 Å². The molecule has 1 aromatic carbocycles. The number of benzene rings is 1. The number of hydrogen-bond acceptors (Lipinski definition) is 2. The van der Waals surface area contributed by atoms with Gasteiger partial charge in [-0.15, -0.1) is 0 Å². The van der Waals surface area contributed by atoms with Crippen LogP contribution in [0.1, 0.15) is 10.0 Å². The van der Waals surface area contributed by atoms with Gasteiger partial charge in [0.25, 0.3) is 0 Å². The molecular weight excluding hydrogens is 251 g/mol. The average Bonchev–Trinajstić information content (AvgIpc) is 2.61. The standard InChI is InChI=1S/C12H10N2Se/c1-8-2-4-9(5-3-8)11-6-10(14)12(7-13)15-11/h2-6H,14H2,1H3. The van der Waals surface area contributed by atoms with Crippen LogP contribution in [0.4, 0.5) is 5.69 Å². The minimum absolute atomic E-state index is 0.0775. The molecule has 0 aliphatic heterocycles. The first-order chi connectivity index (χ1) is 7.20. The summed E-state index contributed by atoms with van der Waals surface area (Å²) in [4.78, 5) is 0. The second-order valence-corrected chi connectivity index (χ2v) is 5.58. The van der Waals surface area contributed by atoms with Crippen molar-refractivity contribution in [2.45, 2.75) is 6.92 Å². The van der Waals surface area contributed by atoms with Crippen LogP contribution < -0.4 is 5.73 Å². The van der Waals surface area contributed by atoms with Gasteiger partial charge in [-0.25, -0.2) is 0 Å². The number of aryl methyl sites for hydroxylation is 1. The topological polar surface area (TPSA) is 49.8 Å². The summed E-state index contributed by atoms with van der Waals surface area (Å²) in [5.41, 5.74) is 8.79. The quantitative estimate of drug-likeness (QED) is 0.800. The molecule has 3 heteroatoms. The van der Waals surface area contributed by atoms with E-state index < -0.39 is 0 Å². The molecule has 0 aliphatic carbocycles. The Morgan fingerprint density at radius 1 is 1.27 bits per heavy atom. The molecule has 0 radical (unpaired) electrons. The van der Waals surface area contributed by atoms with E-state index in [1.165, 1.54) is 15.6 Å². The van der Waals surface area contributed by atoms with Crippen molar-refractivity contribution in [1.29, 1.82) is 5.26 Å². The van der Waals surface area contributed by atoms with E-state index in [0.29, 0.717) is 5.69 Å². The minimum atomic E-state index is 0.0775. The van der Waals surface area contributed by atoms with Gasteiger partial charge in [-0.1, -0.05) is 0 Å². The maximum absolute atomic E-state index is 8.84. The van der Waals surface area contributed by atoms with E-state index in [1.54, 1.807) is 0 Å². The van der Waals surface area contributed by atoms with Gasteiger partial charge in [-0.3, -0.25) is 0 Å². The molecule has 74 valence electrons. The zero-order valence-electron chi connectivity index (χ0n) is 8.32. The number of anilines is 1. The molecule has 2 N–H and O–H groups in total. The molecule has 0 atom stereocenters. The number of nitrogen functional groups attached to an aromatic ring is 1. The number of hydrogen-bond donors (Lipinski definition) is 1. The Kier molecular flexibility index (Phi) is 2.64. The third kappa shape index (κ3) is 1.97. The van der Waals surface area contributed by atoms with Gasteiger partial charge in [-0.2, -0.15) is 0 Å². The van der Waals surface area contributed by atoms with E-state index in [1.807, 2.05) is 6.07 Å². The summed E-state index contributed by atoms with van der Waals surface area (Å²) in [6.07, 6.45) is 0. The summed E-state index contributed by atoms with van der Waals surface area (Å²) in [6, 6.07) is 12.4. The first-order valence-electron chi connectivity index (χ1n) is 4.57. The van der Waals surface area contributed by atoms with Crippen LogP contribution >= 0.6 is 0 Å². The third-order valence-corrected chi connectivity index (χ3v) is 4.52. The van der Waals surface area contributed by atoms with Crippen molar-refractivity contribution in [3.8, 4) is 16.1 Å². The molecule has 2 rings (SSSR count). The van der Waals surface area contributed by atoms with Crippen LogP contribution in [0.3, 0.4) is 0 Å². The van der Waals surface area contributed by atoms with Crippen molar-refractivity contribution in [2.75, 3.05) is 5.73 Å². The fourth-order valence-corrected chi connectivity index (χ4v) is 3.20. The second kappa shape index (κ2) is 3.94. The maximum atomic E-state index is 8.84. The van der Waals surface area contributed by atoms with E-state index in [4.69, 9.17) is 11.0 Å². The number of nitriles is 1. The molecule has 0 amide bonds. The van der Waals surface area contributed by atoms with Gasteiger partial charge in [0.1, 0.15) is 0 Å². The molecule has 0 fully saturated rings. The third-order valence-electron chi connectivity index (χ3n) is 2.20. The molecule has 0 saturated heterocycles. The van der Waals surface area contributed by atoms with E-state index in [9.17, 15) is 0 Å². The van der Waals surface area contributed by atoms with Crippen LogP contribution in [-0.2, 0) is 0 Å². The van der Waals surface area contributed by atoms with Crippen molar-refractivity contribution >= 4 is 20.2 Å². The van der Waals surface area contributed by atoms with Gasteiger partial charge in [0.05, 0.1) is 0 Å². The van der Waals surface area contributed by atoms with E-state index in [2.05, 4.69) is 37.3 Å². The van der Waals surface area contributed by atoms with Crippen LogP contribution in [0.5, 0.6) is 0 Å². The molecular formula is C12H10N2Se. The zero-order valence-corrected chi connectivity index (χ0v) is 10.0. The number of nitrogens with zero attached hydrogens (tertiary/aromatic N) is 1. The molecule has 0 unspecified atom stereocenters. The van der Waals surface area contributed by atoms with E-state index in [-0.39, 0.29) is 14.5 Å². The summed E-state index contributed by atoms with van der Waals surface area (Å²) < 4.78 is 1.93. The second-order valence-electron chi connectivity index (χ2n) is 3.37. The Balaban J connectivity index is 2.46. The van der Waals surface area contributed by atoms with Crippen LogP contribution in [0, 0.1) is 18.3 Å². The predicted octanol–water partition coefficient (Wildman–Crippen LogP) is 2.17. The summed E-state index contributed by atoms with van der Waals surface area (Å²) in [6.45, 7) is 2.06. The van der Waals surface area contributed by atoms with Gasteiger partial charge >= 0.3 is 94.5 Å². The summed E-state index contributed by atoms with van der Waals surface area (Å²) in [7, 11) is 0. The number of nitrogens with two attached hydrogens (primary N) is 1. The summed E-state index contributed by atoms with van der Waals surface area (Å²) in [5.74, 6) is 0. The molecule has 15 heavy (non-hydrogen) atoms. The van der Waals surface area contributed by atoms with E-state index >= 15 is 0 Å². The SMILES string of the molecule is Cc1ccc(-c2cc(N)c(C#N)[se]2)cc1. The Bertz CT molecular complexity index is 518. The first kappa shape index (κ1) is 10.0. The van der Waals surface area contributed by atoms with Crippen molar-refractivity contribution < 1.29 is 0 Å². The molecule has 2 aromatic rings. The van der Waals surface area contributed by atoms with Crippen LogP contribution in [-0.4, -0.2) is 14.5 Å². The zero-order chi connectivity index (χ0) is 10.8. The van der Waals surface area contributed by atoms with Crippen molar-refractivity contribution in [3.05, 3.63) is 40.3 Å². The molecule has 0 saturated carbocycles.